The van der Waals surface area contributed by atoms with Crippen LogP contribution in [0.5, 0.6) is 5.75 Å². The first-order valence-corrected chi connectivity index (χ1v) is 9.33. The quantitative estimate of drug-likeness (QED) is 0.418. The molecule has 0 unspecified atom stereocenters. The largest absolute Gasteiger partial charge is 0.480 e. The van der Waals surface area contributed by atoms with Crippen LogP contribution in [0.3, 0.4) is 0 Å². The first-order valence-electron chi connectivity index (χ1n) is 9.33. The first kappa shape index (κ1) is 18.7. The molecule has 7 nitrogen and oxygen atoms in total. The normalized spacial score (nSPS) is 21.5. The molecular weight excluding hydrogens is 372 g/mol. The van der Waals surface area contributed by atoms with Gasteiger partial charge in [-0.25, -0.2) is 9.59 Å². The summed E-state index contributed by atoms with van der Waals surface area (Å²) in [5.74, 6) is -1.50. The molecule has 4 rings (SSSR count). The van der Waals surface area contributed by atoms with Crippen LogP contribution in [0, 0.1) is 5.92 Å². The second-order valence-corrected chi connectivity index (χ2v) is 7.18. The molecule has 148 valence electrons. The molecule has 7 heteroatoms. The fourth-order valence-corrected chi connectivity index (χ4v) is 4.01. The van der Waals surface area contributed by atoms with E-state index in [1.165, 1.54) is 6.92 Å². The van der Waals surface area contributed by atoms with Crippen LogP contribution < -0.4 is 15.4 Å². The Kier molecular flexibility index (Phi) is 4.80. The van der Waals surface area contributed by atoms with Gasteiger partial charge < -0.3 is 20.5 Å². The summed E-state index contributed by atoms with van der Waals surface area (Å²) < 4.78 is 5.48. The number of allylic oxidation sites excluding steroid dienone is 2. The molecule has 3 atom stereocenters. The van der Waals surface area contributed by atoms with Crippen LogP contribution in [0.2, 0.25) is 0 Å². The lowest BCUT2D eigenvalue weighted by molar-refractivity contribution is -0.139. The molecule has 0 saturated heterocycles. The molecule has 1 heterocycles. The molecule has 1 aliphatic carbocycles. The molecular formula is C22H20N2O5. The fraction of sp³-hybridized carbons (Fsp3) is 0.227. The number of carbonyl (C=O) groups excluding carboxylic acids is 2. The number of carbonyl (C=O) groups is 3. The summed E-state index contributed by atoms with van der Waals surface area (Å²) in [6.45, 7) is 1.41. The van der Waals surface area contributed by atoms with E-state index < -0.39 is 18.0 Å². The molecule has 29 heavy (non-hydrogen) atoms. The van der Waals surface area contributed by atoms with Gasteiger partial charge in [-0.2, -0.15) is 0 Å². The zero-order valence-electron chi connectivity index (χ0n) is 15.7. The van der Waals surface area contributed by atoms with Gasteiger partial charge in [0.1, 0.15) is 11.8 Å². The number of carboxylic acids is 1. The molecule has 0 spiro atoms. The van der Waals surface area contributed by atoms with E-state index in [1.54, 1.807) is 36.4 Å². The van der Waals surface area contributed by atoms with E-state index in [0.29, 0.717) is 29.1 Å². The summed E-state index contributed by atoms with van der Waals surface area (Å²) in [6, 6.07) is 11.0. The van der Waals surface area contributed by atoms with Crippen molar-refractivity contribution in [3.05, 3.63) is 65.7 Å². The lowest BCUT2D eigenvalue weighted by Gasteiger charge is -2.35. The van der Waals surface area contributed by atoms with Gasteiger partial charge in [0.15, 0.2) is 0 Å². The monoisotopic (exact) mass is 392 g/mol. The van der Waals surface area contributed by atoms with Crippen LogP contribution in [-0.2, 0) is 9.59 Å². The smallest absolute Gasteiger partial charge is 0.345 e. The standard InChI is InChI=1S/C22H20N2O5/c1-12(25)23-13-8-10-14(11-9-13)29-22(28)18-7-3-5-16-15-4-2-6-17(15)20(21(26)27)24-19(16)18/h2-5,7-11,15,17,20,24H,6H2,1H3,(H,23,25)(H,26,27)/t15-,17+,20+/m1/s1. The molecule has 0 aromatic heterocycles. The first-order chi connectivity index (χ1) is 13.9. The summed E-state index contributed by atoms with van der Waals surface area (Å²) in [6.07, 6.45) is 4.68. The third-order valence-electron chi connectivity index (χ3n) is 5.27. The summed E-state index contributed by atoms with van der Waals surface area (Å²) in [7, 11) is 0. The second kappa shape index (κ2) is 7.43. The van der Waals surface area contributed by atoms with Gasteiger partial charge in [0.05, 0.1) is 11.3 Å². The van der Waals surface area contributed by atoms with E-state index in [4.69, 9.17) is 4.74 Å². The molecule has 0 fully saturated rings. The van der Waals surface area contributed by atoms with E-state index >= 15 is 0 Å². The summed E-state index contributed by atoms with van der Waals surface area (Å²) in [4.78, 5) is 35.7. The van der Waals surface area contributed by atoms with Gasteiger partial charge in [-0.05, 0) is 42.3 Å². The number of anilines is 2. The number of benzene rings is 2. The summed E-state index contributed by atoms with van der Waals surface area (Å²) >= 11 is 0. The maximum absolute atomic E-state index is 12.8. The molecule has 2 aromatic carbocycles. The molecule has 0 saturated carbocycles. The number of hydrogen-bond acceptors (Lipinski definition) is 5. The number of rotatable bonds is 4. The minimum Gasteiger partial charge on any atom is -0.480 e. The van der Waals surface area contributed by atoms with Gasteiger partial charge in [0.2, 0.25) is 5.91 Å². The predicted octanol–water partition coefficient (Wildman–Crippen LogP) is 3.40. The number of ether oxygens (including phenoxy) is 1. The van der Waals surface area contributed by atoms with Crippen molar-refractivity contribution in [2.75, 3.05) is 10.6 Å². The summed E-state index contributed by atoms with van der Waals surface area (Å²) in [5, 5.41) is 15.3. The van der Waals surface area contributed by atoms with Crippen molar-refractivity contribution < 1.29 is 24.2 Å². The van der Waals surface area contributed by atoms with E-state index in [2.05, 4.69) is 10.6 Å². The highest BCUT2D eigenvalue weighted by molar-refractivity contribution is 5.99. The van der Waals surface area contributed by atoms with Gasteiger partial charge in [-0.15, -0.1) is 0 Å². The van der Waals surface area contributed by atoms with Gasteiger partial charge in [-0.3, -0.25) is 4.79 Å². The minimum atomic E-state index is -0.939. The van der Waals surface area contributed by atoms with Gasteiger partial charge in [0.25, 0.3) is 0 Å². The molecule has 1 aliphatic heterocycles. The number of fused-ring (bicyclic) bond motifs is 3. The van der Waals surface area contributed by atoms with Crippen LogP contribution in [-0.4, -0.2) is 29.0 Å². The van der Waals surface area contributed by atoms with Crippen molar-refractivity contribution in [2.45, 2.75) is 25.3 Å². The van der Waals surface area contributed by atoms with Gasteiger partial charge in [-0.1, -0.05) is 24.3 Å². The Morgan fingerprint density at radius 2 is 1.90 bits per heavy atom. The molecule has 3 N–H and O–H groups in total. The Morgan fingerprint density at radius 1 is 1.14 bits per heavy atom. The average molecular weight is 392 g/mol. The number of para-hydroxylation sites is 1. The number of carboxylic acid groups (broad SMARTS) is 1. The van der Waals surface area contributed by atoms with Crippen molar-refractivity contribution in [3.8, 4) is 5.75 Å². The topological polar surface area (TPSA) is 105 Å². The third-order valence-corrected chi connectivity index (χ3v) is 5.27. The van der Waals surface area contributed by atoms with Crippen molar-refractivity contribution in [2.24, 2.45) is 5.92 Å². The summed E-state index contributed by atoms with van der Waals surface area (Å²) in [5.41, 5.74) is 2.29. The molecule has 2 aliphatic rings. The molecule has 1 amide bonds. The average Bonchev–Trinajstić information content (AvgIpc) is 3.18. The van der Waals surface area contributed by atoms with Crippen LogP contribution in [0.1, 0.15) is 35.2 Å². The zero-order chi connectivity index (χ0) is 20.5. The van der Waals surface area contributed by atoms with E-state index in [1.807, 2.05) is 18.2 Å². The number of amides is 1. The van der Waals surface area contributed by atoms with Crippen molar-refractivity contribution in [1.82, 2.24) is 0 Å². The zero-order valence-corrected chi connectivity index (χ0v) is 15.7. The van der Waals surface area contributed by atoms with Gasteiger partial charge in [0, 0.05) is 24.4 Å². The Bertz CT molecular complexity index is 1010. The highest BCUT2D eigenvalue weighted by Gasteiger charge is 2.42. The molecule has 0 radical (unpaired) electrons. The lowest BCUT2D eigenvalue weighted by Crippen LogP contribution is -2.42. The Morgan fingerprint density at radius 3 is 2.59 bits per heavy atom. The van der Waals surface area contributed by atoms with E-state index in [-0.39, 0.29) is 17.7 Å². The second-order valence-electron chi connectivity index (χ2n) is 7.18. The number of esters is 1. The van der Waals surface area contributed by atoms with Crippen molar-refractivity contribution >= 4 is 29.2 Å². The maximum Gasteiger partial charge on any atom is 0.345 e. The third kappa shape index (κ3) is 3.59. The highest BCUT2D eigenvalue weighted by atomic mass is 16.5. The fourth-order valence-electron chi connectivity index (χ4n) is 4.01. The Balaban J connectivity index is 1.60. The van der Waals surface area contributed by atoms with Crippen LogP contribution >= 0.6 is 0 Å². The van der Waals surface area contributed by atoms with Crippen LogP contribution in [0.15, 0.2) is 54.6 Å². The maximum atomic E-state index is 12.8. The highest BCUT2D eigenvalue weighted by Crippen LogP contribution is 2.45. The minimum absolute atomic E-state index is 0.0444. The Labute approximate surface area is 167 Å². The van der Waals surface area contributed by atoms with Crippen molar-refractivity contribution in [1.29, 1.82) is 0 Å². The predicted molar refractivity (Wildman–Crippen MR) is 107 cm³/mol. The molecule has 2 aromatic rings. The van der Waals surface area contributed by atoms with Crippen LogP contribution in [0.25, 0.3) is 0 Å². The van der Waals surface area contributed by atoms with Crippen LogP contribution in [0.4, 0.5) is 11.4 Å². The number of nitrogens with one attached hydrogen (secondary N) is 2. The number of aliphatic carboxylic acids is 1. The van der Waals surface area contributed by atoms with E-state index in [9.17, 15) is 19.5 Å². The Hall–Kier alpha value is -3.61. The molecule has 0 bridgehead atoms. The van der Waals surface area contributed by atoms with Crippen molar-refractivity contribution in [3.63, 3.8) is 0 Å². The lowest BCUT2D eigenvalue weighted by atomic mass is 9.78. The van der Waals surface area contributed by atoms with E-state index in [0.717, 1.165) is 5.56 Å². The van der Waals surface area contributed by atoms with Gasteiger partial charge >= 0.3 is 11.9 Å². The number of hydrogen-bond donors (Lipinski definition) is 3. The SMILES string of the molecule is CC(=O)Nc1ccc(OC(=O)c2cccc3c2N[C@H](C(=O)O)[C@H]2CC=C[C@H]32)cc1.